The van der Waals surface area contributed by atoms with Crippen molar-refractivity contribution in [2.24, 2.45) is 5.92 Å². The number of rotatable bonds is 5. The highest BCUT2D eigenvalue weighted by Crippen LogP contribution is 2.20. The van der Waals surface area contributed by atoms with Crippen LogP contribution in [-0.4, -0.2) is 35.5 Å². The smallest absolute Gasteiger partial charge is 0.233 e. The molecule has 0 bridgehead atoms. The van der Waals surface area contributed by atoms with Crippen LogP contribution in [0.4, 0.5) is 0 Å². The lowest BCUT2D eigenvalue weighted by Crippen LogP contribution is -2.54. The van der Waals surface area contributed by atoms with Crippen molar-refractivity contribution >= 4 is 17.7 Å². The monoisotopic (exact) mass is 258 g/mol. The second-order valence-corrected chi connectivity index (χ2v) is 6.54. The zero-order valence-electron chi connectivity index (χ0n) is 11.5. The second kappa shape index (κ2) is 7.27. The normalized spacial score (nSPS) is 26.9. The van der Waals surface area contributed by atoms with Gasteiger partial charge >= 0.3 is 0 Å². The molecule has 1 saturated heterocycles. The summed E-state index contributed by atoms with van der Waals surface area (Å²) in [6.45, 7) is 9.58. The SMILES string of the molecule is CCSC(C(=O)NC1CCCNC1C)C(C)C. The molecule has 0 spiro atoms. The molecule has 1 aliphatic rings. The Morgan fingerprint density at radius 2 is 2.24 bits per heavy atom. The number of hydrogen-bond acceptors (Lipinski definition) is 3. The lowest BCUT2D eigenvalue weighted by atomic mass is 9.99. The van der Waals surface area contributed by atoms with Gasteiger partial charge in [-0.25, -0.2) is 0 Å². The fraction of sp³-hybridized carbons (Fsp3) is 0.923. The summed E-state index contributed by atoms with van der Waals surface area (Å²) in [5.74, 6) is 1.61. The Bertz CT molecular complexity index is 246. The fourth-order valence-electron chi connectivity index (χ4n) is 2.26. The summed E-state index contributed by atoms with van der Waals surface area (Å²) in [6.07, 6.45) is 2.25. The summed E-state index contributed by atoms with van der Waals surface area (Å²) in [6, 6.07) is 0.696. The highest BCUT2D eigenvalue weighted by molar-refractivity contribution is 8.00. The molecule has 17 heavy (non-hydrogen) atoms. The second-order valence-electron chi connectivity index (χ2n) is 5.12. The first-order chi connectivity index (χ1) is 8.06. The molecule has 0 radical (unpaired) electrons. The van der Waals surface area contributed by atoms with Gasteiger partial charge in [0.25, 0.3) is 0 Å². The maximum absolute atomic E-state index is 12.2. The van der Waals surface area contributed by atoms with E-state index < -0.39 is 0 Å². The van der Waals surface area contributed by atoms with Gasteiger partial charge < -0.3 is 10.6 Å². The van der Waals surface area contributed by atoms with Crippen molar-refractivity contribution < 1.29 is 4.79 Å². The molecule has 2 N–H and O–H groups in total. The third-order valence-corrected chi connectivity index (χ3v) is 4.75. The molecule has 1 aliphatic heterocycles. The summed E-state index contributed by atoms with van der Waals surface area (Å²) in [4.78, 5) is 12.2. The van der Waals surface area contributed by atoms with E-state index in [0.29, 0.717) is 18.0 Å². The quantitative estimate of drug-likeness (QED) is 0.793. The van der Waals surface area contributed by atoms with Gasteiger partial charge in [0.2, 0.25) is 5.91 Å². The number of piperidine rings is 1. The van der Waals surface area contributed by atoms with Crippen molar-refractivity contribution in [1.29, 1.82) is 0 Å². The summed E-state index contributed by atoms with van der Waals surface area (Å²) < 4.78 is 0. The van der Waals surface area contributed by atoms with E-state index in [2.05, 4.69) is 38.3 Å². The highest BCUT2D eigenvalue weighted by Gasteiger charge is 2.27. The van der Waals surface area contributed by atoms with E-state index in [1.165, 1.54) is 0 Å². The summed E-state index contributed by atoms with van der Waals surface area (Å²) >= 11 is 1.75. The van der Waals surface area contributed by atoms with Crippen molar-refractivity contribution in [3.05, 3.63) is 0 Å². The third kappa shape index (κ3) is 4.51. The van der Waals surface area contributed by atoms with Crippen LogP contribution in [0.2, 0.25) is 0 Å². The van der Waals surface area contributed by atoms with Crippen LogP contribution in [0.3, 0.4) is 0 Å². The molecular formula is C13H26N2OS. The number of carbonyl (C=O) groups is 1. The molecule has 3 unspecified atom stereocenters. The fourth-order valence-corrected chi connectivity index (χ4v) is 3.22. The molecule has 1 amide bonds. The van der Waals surface area contributed by atoms with Crippen molar-refractivity contribution in [2.45, 2.75) is 57.9 Å². The number of carbonyl (C=O) groups excluding carboxylic acids is 1. The van der Waals surface area contributed by atoms with Crippen LogP contribution in [0, 0.1) is 5.92 Å². The summed E-state index contributed by atoms with van der Waals surface area (Å²) in [7, 11) is 0. The predicted molar refractivity (Wildman–Crippen MR) is 75.4 cm³/mol. The van der Waals surface area contributed by atoms with Gasteiger partial charge in [-0.1, -0.05) is 20.8 Å². The Morgan fingerprint density at radius 1 is 1.53 bits per heavy atom. The van der Waals surface area contributed by atoms with E-state index in [-0.39, 0.29) is 11.2 Å². The lowest BCUT2D eigenvalue weighted by Gasteiger charge is -2.32. The van der Waals surface area contributed by atoms with Crippen LogP contribution in [0.1, 0.15) is 40.5 Å². The maximum Gasteiger partial charge on any atom is 0.233 e. The Kier molecular flexibility index (Phi) is 6.34. The Morgan fingerprint density at radius 3 is 2.76 bits per heavy atom. The molecule has 1 heterocycles. The number of thioether (sulfide) groups is 1. The van der Waals surface area contributed by atoms with Crippen LogP contribution in [0.5, 0.6) is 0 Å². The van der Waals surface area contributed by atoms with Gasteiger partial charge in [0, 0.05) is 12.1 Å². The molecular weight excluding hydrogens is 232 g/mol. The van der Waals surface area contributed by atoms with Crippen molar-refractivity contribution in [3.63, 3.8) is 0 Å². The van der Waals surface area contributed by atoms with E-state index in [1.54, 1.807) is 11.8 Å². The van der Waals surface area contributed by atoms with Crippen LogP contribution in [0.15, 0.2) is 0 Å². The van der Waals surface area contributed by atoms with Crippen molar-refractivity contribution in [3.8, 4) is 0 Å². The minimum absolute atomic E-state index is 0.0918. The van der Waals surface area contributed by atoms with Gasteiger partial charge in [0.15, 0.2) is 0 Å². The van der Waals surface area contributed by atoms with Gasteiger partial charge in [-0.3, -0.25) is 4.79 Å². The van der Waals surface area contributed by atoms with Crippen molar-refractivity contribution in [1.82, 2.24) is 10.6 Å². The van der Waals surface area contributed by atoms with E-state index >= 15 is 0 Å². The third-order valence-electron chi connectivity index (χ3n) is 3.30. The van der Waals surface area contributed by atoms with Crippen LogP contribution in [-0.2, 0) is 4.79 Å². The van der Waals surface area contributed by atoms with E-state index in [0.717, 1.165) is 25.1 Å². The molecule has 100 valence electrons. The molecule has 0 aliphatic carbocycles. The van der Waals surface area contributed by atoms with Crippen molar-refractivity contribution in [2.75, 3.05) is 12.3 Å². The van der Waals surface area contributed by atoms with Gasteiger partial charge in [-0.05, 0) is 38.0 Å². The molecule has 3 atom stereocenters. The molecule has 0 aromatic rings. The first kappa shape index (κ1) is 14.8. The average molecular weight is 258 g/mol. The van der Waals surface area contributed by atoms with Crippen LogP contribution in [0.25, 0.3) is 0 Å². The Balaban J connectivity index is 2.50. The topological polar surface area (TPSA) is 41.1 Å². The molecule has 4 heteroatoms. The Labute approximate surface area is 109 Å². The first-order valence-corrected chi connectivity index (χ1v) is 7.76. The predicted octanol–water partition coefficient (Wildman–Crippen LogP) is 2.02. The minimum atomic E-state index is 0.0918. The lowest BCUT2D eigenvalue weighted by molar-refractivity contribution is -0.122. The largest absolute Gasteiger partial charge is 0.351 e. The first-order valence-electron chi connectivity index (χ1n) is 6.71. The molecule has 1 rings (SSSR count). The van der Waals surface area contributed by atoms with Gasteiger partial charge in [0.05, 0.1) is 5.25 Å². The summed E-state index contributed by atoms with van der Waals surface area (Å²) in [5.41, 5.74) is 0. The van der Waals surface area contributed by atoms with E-state index in [4.69, 9.17) is 0 Å². The highest BCUT2D eigenvalue weighted by atomic mass is 32.2. The van der Waals surface area contributed by atoms with Gasteiger partial charge in [0.1, 0.15) is 0 Å². The molecule has 0 aromatic heterocycles. The van der Waals surface area contributed by atoms with Gasteiger partial charge in [-0.2, -0.15) is 0 Å². The van der Waals surface area contributed by atoms with Crippen LogP contribution < -0.4 is 10.6 Å². The number of amides is 1. The maximum atomic E-state index is 12.2. The molecule has 0 aromatic carbocycles. The number of hydrogen-bond donors (Lipinski definition) is 2. The average Bonchev–Trinajstić information content (AvgIpc) is 2.28. The molecule has 3 nitrogen and oxygen atoms in total. The molecule has 0 saturated carbocycles. The standard InChI is InChI=1S/C13H26N2OS/c1-5-17-12(9(2)3)13(16)15-11-7-6-8-14-10(11)4/h9-12,14H,5-8H2,1-4H3,(H,15,16). The zero-order valence-corrected chi connectivity index (χ0v) is 12.3. The minimum Gasteiger partial charge on any atom is -0.351 e. The number of nitrogens with one attached hydrogen (secondary N) is 2. The molecule has 1 fully saturated rings. The summed E-state index contributed by atoms with van der Waals surface area (Å²) in [5, 5.41) is 6.72. The van der Waals surface area contributed by atoms with Crippen LogP contribution >= 0.6 is 11.8 Å². The Hall–Kier alpha value is -0.220. The van der Waals surface area contributed by atoms with Gasteiger partial charge in [-0.15, -0.1) is 11.8 Å². The van der Waals surface area contributed by atoms with E-state index in [1.807, 2.05) is 0 Å². The van der Waals surface area contributed by atoms with E-state index in [9.17, 15) is 4.79 Å². The zero-order chi connectivity index (χ0) is 12.8.